The first-order chi connectivity index (χ1) is 9.09. The Morgan fingerprint density at radius 1 is 1.16 bits per heavy atom. The van der Waals surface area contributed by atoms with Gasteiger partial charge in [-0.25, -0.2) is 4.79 Å². The summed E-state index contributed by atoms with van der Waals surface area (Å²) in [5.41, 5.74) is 0. The highest BCUT2D eigenvalue weighted by atomic mass is 16.8. The average Bonchev–Trinajstić information content (AvgIpc) is 2.78. The summed E-state index contributed by atoms with van der Waals surface area (Å²) in [6.45, 7) is 0.408. The molecule has 19 heavy (non-hydrogen) atoms. The van der Waals surface area contributed by atoms with Crippen LogP contribution in [0.15, 0.2) is 0 Å². The van der Waals surface area contributed by atoms with Gasteiger partial charge in [-0.05, 0) is 19.3 Å². The highest BCUT2D eigenvalue weighted by Crippen LogP contribution is 2.15. The first kappa shape index (κ1) is 15.8. The molecule has 0 bridgehead atoms. The quantitative estimate of drug-likeness (QED) is 0.478. The molecule has 0 aliphatic carbocycles. The topological polar surface area (TPSA) is 55.8 Å². The second-order valence-electron chi connectivity index (χ2n) is 5.25. The molecule has 1 atom stereocenters. The maximum atomic E-state index is 11.3. The van der Waals surface area contributed by atoms with Gasteiger partial charge in [0.1, 0.15) is 12.7 Å². The van der Waals surface area contributed by atoms with E-state index in [1.54, 1.807) is 19.0 Å². The second kappa shape index (κ2) is 8.77. The van der Waals surface area contributed by atoms with E-state index in [-0.39, 0.29) is 12.0 Å². The van der Waals surface area contributed by atoms with Crippen molar-refractivity contribution in [3.8, 4) is 0 Å². The fourth-order valence-electron chi connectivity index (χ4n) is 2.09. The molecule has 1 heterocycles. The fourth-order valence-corrected chi connectivity index (χ4v) is 2.09. The van der Waals surface area contributed by atoms with Gasteiger partial charge in [0.05, 0.1) is 0 Å². The van der Waals surface area contributed by atoms with Gasteiger partial charge in [0.25, 0.3) is 0 Å². The molecule has 0 aromatic heterocycles. The zero-order valence-electron chi connectivity index (χ0n) is 12.0. The van der Waals surface area contributed by atoms with Crippen molar-refractivity contribution in [2.75, 3.05) is 20.7 Å². The van der Waals surface area contributed by atoms with Gasteiger partial charge in [0.2, 0.25) is 5.91 Å². The van der Waals surface area contributed by atoms with E-state index in [4.69, 9.17) is 9.47 Å². The van der Waals surface area contributed by atoms with Crippen LogP contribution in [0, 0.1) is 0 Å². The Kier molecular flexibility index (Phi) is 7.30. The smallest absolute Gasteiger partial charge is 0.430 e. The first-order valence-electron chi connectivity index (χ1n) is 7.13. The summed E-state index contributed by atoms with van der Waals surface area (Å²) in [5, 5.41) is 0. The van der Waals surface area contributed by atoms with Crippen LogP contribution in [-0.4, -0.2) is 43.8 Å². The molecule has 0 aromatic carbocycles. The van der Waals surface area contributed by atoms with Crippen molar-refractivity contribution in [3.05, 3.63) is 0 Å². The molecule has 1 amide bonds. The number of rotatable bonds is 9. The molecule has 1 aliphatic rings. The molecule has 5 heteroatoms. The van der Waals surface area contributed by atoms with E-state index in [1.165, 1.54) is 12.8 Å². The predicted molar refractivity (Wildman–Crippen MR) is 71.9 cm³/mol. The van der Waals surface area contributed by atoms with Crippen molar-refractivity contribution in [1.29, 1.82) is 0 Å². The lowest BCUT2D eigenvalue weighted by atomic mass is 10.1. The molecule has 0 saturated carbocycles. The van der Waals surface area contributed by atoms with Crippen molar-refractivity contribution in [2.24, 2.45) is 0 Å². The van der Waals surface area contributed by atoms with E-state index < -0.39 is 6.16 Å². The van der Waals surface area contributed by atoms with Gasteiger partial charge in [-0.3, -0.25) is 4.79 Å². The number of hydrogen-bond donors (Lipinski definition) is 0. The van der Waals surface area contributed by atoms with Crippen molar-refractivity contribution in [3.63, 3.8) is 0 Å². The molecule has 1 fully saturated rings. The van der Waals surface area contributed by atoms with Crippen LogP contribution < -0.4 is 0 Å². The van der Waals surface area contributed by atoms with Crippen LogP contribution in [0.1, 0.15) is 51.4 Å². The minimum atomic E-state index is -0.532. The molecule has 0 aromatic rings. The first-order valence-corrected chi connectivity index (χ1v) is 7.13. The van der Waals surface area contributed by atoms with Gasteiger partial charge in [-0.1, -0.05) is 25.7 Å². The molecule has 0 radical (unpaired) electrons. The number of carbonyl (C=O) groups excluding carboxylic acids is 2. The zero-order valence-corrected chi connectivity index (χ0v) is 12.0. The summed E-state index contributed by atoms with van der Waals surface area (Å²) in [7, 11) is 3.59. The largest absolute Gasteiger partial charge is 0.508 e. The van der Waals surface area contributed by atoms with E-state index in [0.717, 1.165) is 32.1 Å². The lowest BCUT2D eigenvalue weighted by Gasteiger charge is -2.09. The van der Waals surface area contributed by atoms with E-state index in [2.05, 4.69) is 0 Å². The number of hydrogen-bond acceptors (Lipinski definition) is 4. The predicted octanol–water partition coefficient (Wildman–Crippen LogP) is 2.73. The Hall–Kier alpha value is -1.26. The number of cyclic esters (lactones) is 2. The van der Waals surface area contributed by atoms with Crippen LogP contribution in [0.3, 0.4) is 0 Å². The highest BCUT2D eigenvalue weighted by Gasteiger charge is 2.23. The third-order valence-corrected chi connectivity index (χ3v) is 3.32. The van der Waals surface area contributed by atoms with Crippen LogP contribution in [0.4, 0.5) is 4.79 Å². The Balaban J connectivity index is 1.84. The minimum Gasteiger partial charge on any atom is -0.430 e. The molecule has 1 aliphatic heterocycles. The molecule has 0 spiro atoms. The summed E-state index contributed by atoms with van der Waals surface area (Å²) in [4.78, 5) is 23.7. The van der Waals surface area contributed by atoms with Crippen LogP contribution in [0.25, 0.3) is 0 Å². The number of ether oxygens (including phenoxy) is 2. The lowest BCUT2D eigenvalue weighted by molar-refractivity contribution is -0.128. The summed E-state index contributed by atoms with van der Waals surface area (Å²) in [6.07, 6.45) is 7.63. The number of amides is 1. The van der Waals surface area contributed by atoms with E-state index in [1.807, 2.05) is 0 Å². The van der Waals surface area contributed by atoms with Gasteiger partial charge < -0.3 is 14.4 Å². The van der Waals surface area contributed by atoms with Gasteiger partial charge >= 0.3 is 6.16 Å². The average molecular weight is 271 g/mol. The van der Waals surface area contributed by atoms with Crippen molar-refractivity contribution in [1.82, 2.24) is 4.90 Å². The van der Waals surface area contributed by atoms with E-state index in [9.17, 15) is 9.59 Å². The molecule has 110 valence electrons. The highest BCUT2D eigenvalue weighted by molar-refractivity contribution is 5.75. The van der Waals surface area contributed by atoms with Crippen LogP contribution in [0.2, 0.25) is 0 Å². The van der Waals surface area contributed by atoms with Gasteiger partial charge in [0.15, 0.2) is 0 Å². The number of unbranched alkanes of at least 4 members (excludes halogenated alkanes) is 5. The summed E-state index contributed by atoms with van der Waals surface area (Å²) >= 11 is 0. The Morgan fingerprint density at radius 3 is 2.37 bits per heavy atom. The van der Waals surface area contributed by atoms with E-state index >= 15 is 0 Å². The maximum absolute atomic E-state index is 11.3. The van der Waals surface area contributed by atoms with Crippen molar-refractivity contribution < 1.29 is 19.1 Å². The third-order valence-electron chi connectivity index (χ3n) is 3.32. The fraction of sp³-hybridized carbons (Fsp3) is 0.857. The standard InChI is InChI=1S/C14H25NO4/c1-15(2)13(16)10-8-6-4-3-5-7-9-12-11-18-14(17)19-12/h12H,3-11H2,1-2H3. The number of nitrogens with zero attached hydrogens (tertiary/aromatic N) is 1. The van der Waals surface area contributed by atoms with Crippen LogP contribution in [-0.2, 0) is 14.3 Å². The van der Waals surface area contributed by atoms with Crippen molar-refractivity contribution in [2.45, 2.75) is 57.5 Å². The Morgan fingerprint density at radius 2 is 1.79 bits per heavy atom. The molecular formula is C14H25NO4. The summed E-state index contributed by atoms with van der Waals surface area (Å²) in [5.74, 6) is 0.211. The lowest BCUT2D eigenvalue weighted by Crippen LogP contribution is -2.20. The summed E-state index contributed by atoms with van der Waals surface area (Å²) < 4.78 is 9.67. The molecule has 1 rings (SSSR count). The van der Waals surface area contributed by atoms with Gasteiger partial charge in [0, 0.05) is 20.5 Å². The molecule has 1 unspecified atom stereocenters. The SMILES string of the molecule is CN(C)C(=O)CCCCCCCCC1COC(=O)O1. The zero-order chi connectivity index (χ0) is 14.1. The molecule has 1 saturated heterocycles. The van der Waals surface area contributed by atoms with Crippen molar-refractivity contribution >= 4 is 12.1 Å². The molecule has 0 N–H and O–H groups in total. The second-order valence-corrected chi connectivity index (χ2v) is 5.25. The van der Waals surface area contributed by atoms with Gasteiger partial charge in [-0.15, -0.1) is 0 Å². The van der Waals surface area contributed by atoms with Crippen LogP contribution in [0.5, 0.6) is 0 Å². The summed E-state index contributed by atoms with van der Waals surface area (Å²) in [6, 6.07) is 0. The third kappa shape index (κ3) is 7.03. The Labute approximate surface area is 115 Å². The van der Waals surface area contributed by atoms with E-state index in [0.29, 0.717) is 13.0 Å². The minimum absolute atomic E-state index is 0.0368. The van der Waals surface area contributed by atoms with Gasteiger partial charge in [-0.2, -0.15) is 0 Å². The number of carbonyl (C=O) groups is 2. The van der Waals surface area contributed by atoms with Crippen LogP contribution >= 0.6 is 0 Å². The molecular weight excluding hydrogens is 246 g/mol. The Bertz CT molecular complexity index is 291. The molecule has 5 nitrogen and oxygen atoms in total. The normalized spacial score (nSPS) is 18.0. The maximum Gasteiger partial charge on any atom is 0.508 e. The monoisotopic (exact) mass is 271 g/mol.